The third-order valence-corrected chi connectivity index (χ3v) is 4.23. The molecule has 10 nitrogen and oxygen atoms in total. The smallest absolute Gasteiger partial charge is 0.314 e. The molecule has 2 bridgehead atoms. The van der Waals surface area contributed by atoms with Crippen molar-refractivity contribution in [1.82, 2.24) is 29.9 Å². The number of hydrogen-bond acceptors (Lipinski definition) is 7. The van der Waals surface area contributed by atoms with Gasteiger partial charge in [0.05, 0.1) is 18.3 Å². The summed E-state index contributed by atoms with van der Waals surface area (Å²) in [6.07, 6.45) is 3.40. The van der Waals surface area contributed by atoms with Crippen molar-refractivity contribution in [2.75, 3.05) is 18.4 Å². The zero-order valence-corrected chi connectivity index (χ0v) is 12.5. The van der Waals surface area contributed by atoms with E-state index in [2.05, 4.69) is 20.6 Å². The van der Waals surface area contributed by atoms with Gasteiger partial charge in [-0.25, -0.2) is 9.48 Å². The monoisotopic (exact) mass is 333 g/mol. The van der Waals surface area contributed by atoms with Gasteiger partial charge in [-0.3, -0.25) is 15.3 Å². The minimum atomic E-state index is -0.428. The lowest BCUT2D eigenvalue weighted by atomic mass is 10.2. The summed E-state index contributed by atoms with van der Waals surface area (Å²) in [4.78, 5) is 25.3. The Bertz CT molecular complexity index is 799. The first-order valence-electron chi connectivity index (χ1n) is 6.73. The molecule has 2 aliphatic rings. The van der Waals surface area contributed by atoms with E-state index in [1.54, 1.807) is 18.3 Å². The van der Waals surface area contributed by atoms with Crippen LogP contribution in [0.15, 0.2) is 23.8 Å². The molecule has 2 aromatic rings. The van der Waals surface area contributed by atoms with Crippen molar-refractivity contribution in [3.63, 3.8) is 0 Å². The number of anilines is 1. The van der Waals surface area contributed by atoms with Crippen molar-refractivity contribution in [1.29, 1.82) is 0 Å². The average Bonchev–Trinajstić information content (AvgIpc) is 3.27. The molecule has 1 fully saturated rings. The van der Waals surface area contributed by atoms with Gasteiger partial charge in [0.15, 0.2) is 5.69 Å². The Morgan fingerprint density at radius 1 is 1.48 bits per heavy atom. The van der Waals surface area contributed by atoms with Crippen LogP contribution in [0, 0.1) is 0 Å². The number of carbonyl (C=O) groups excluding carboxylic acids is 2. The number of hydroxylamine groups is 2. The second kappa shape index (κ2) is 5.14. The number of urea groups is 1. The maximum Gasteiger partial charge on any atom is 0.344 e. The minimum Gasteiger partial charge on any atom is -0.314 e. The fourth-order valence-corrected chi connectivity index (χ4v) is 2.98. The summed E-state index contributed by atoms with van der Waals surface area (Å²) in [7, 11) is 0. The van der Waals surface area contributed by atoms with Crippen LogP contribution in [0.5, 0.6) is 0 Å². The zero-order chi connectivity index (χ0) is 16.0. The second-order valence-electron chi connectivity index (χ2n) is 5.08. The number of carbonyl (C=O) groups is 2. The predicted molar refractivity (Wildman–Crippen MR) is 78.7 cm³/mol. The molecule has 4 rings (SSSR count). The topological polar surface area (TPSA) is 116 Å². The maximum absolute atomic E-state index is 12.1. The lowest BCUT2D eigenvalue weighted by Gasteiger charge is -2.20. The normalized spacial score (nSPS) is 20.0. The molecule has 0 spiro atoms. The van der Waals surface area contributed by atoms with E-state index in [1.807, 2.05) is 0 Å². The Kier molecular flexibility index (Phi) is 3.09. The van der Waals surface area contributed by atoms with Gasteiger partial charge >= 0.3 is 6.03 Å². The Labute approximate surface area is 133 Å². The molecule has 4 heterocycles. The van der Waals surface area contributed by atoms with Crippen molar-refractivity contribution in [2.24, 2.45) is 0 Å². The van der Waals surface area contributed by atoms with Crippen molar-refractivity contribution < 1.29 is 14.8 Å². The molecule has 2 aliphatic heterocycles. The molecule has 2 aromatic heterocycles. The third kappa shape index (κ3) is 2.35. The van der Waals surface area contributed by atoms with Gasteiger partial charge in [0.1, 0.15) is 5.51 Å². The average molecular weight is 333 g/mol. The Hall–Kier alpha value is -2.79. The number of fused-ring (bicyclic) bond motifs is 2. The van der Waals surface area contributed by atoms with Crippen LogP contribution in [0.1, 0.15) is 10.5 Å². The summed E-state index contributed by atoms with van der Waals surface area (Å²) in [5, 5.41) is 25.0. The molecule has 0 aromatic carbocycles. The third-order valence-electron chi connectivity index (χ3n) is 3.62. The van der Waals surface area contributed by atoms with E-state index in [4.69, 9.17) is 0 Å². The molecule has 23 heavy (non-hydrogen) atoms. The Morgan fingerprint density at radius 2 is 2.35 bits per heavy atom. The summed E-state index contributed by atoms with van der Waals surface area (Å²) in [5.41, 5.74) is 2.46. The first kappa shape index (κ1) is 13.8. The molecule has 1 unspecified atom stereocenters. The van der Waals surface area contributed by atoms with Crippen LogP contribution in [-0.4, -0.2) is 66.2 Å². The van der Waals surface area contributed by atoms with Gasteiger partial charge in [0.2, 0.25) is 5.13 Å². The summed E-state index contributed by atoms with van der Waals surface area (Å²) in [6, 6.07) is 0.749. The summed E-state index contributed by atoms with van der Waals surface area (Å²) in [6.45, 7) is 0.774. The van der Waals surface area contributed by atoms with Crippen LogP contribution in [-0.2, 0) is 0 Å². The van der Waals surface area contributed by atoms with Crippen molar-refractivity contribution in [2.45, 2.75) is 6.04 Å². The van der Waals surface area contributed by atoms with Crippen LogP contribution in [0.4, 0.5) is 9.93 Å². The number of aromatic nitrogens is 4. The van der Waals surface area contributed by atoms with E-state index in [0.29, 0.717) is 23.3 Å². The molecular weight excluding hydrogens is 322 g/mol. The largest absolute Gasteiger partial charge is 0.344 e. The molecule has 1 atom stereocenters. The van der Waals surface area contributed by atoms with Gasteiger partial charge < -0.3 is 4.90 Å². The molecular formula is C12H11N7O3S. The SMILES string of the molecule is O=C(Nc1nncs1)c1ccn(C2=CC3CN(C2)C(=O)N3O)n1. The van der Waals surface area contributed by atoms with Gasteiger partial charge in [-0.15, -0.1) is 10.2 Å². The first-order chi connectivity index (χ1) is 11.1. The van der Waals surface area contributed by atoms with Crippen molar-refractivity contribution in [3.8, 4) is 0 Å². The maximum atomic E-state index is 12.1. The summed E-state index contributed by atoms with van der Waals surface area (Å²) in [5.74, 6) is -0.389. The predicted octanol–water partition coefficient (Wildman–Crippen LogP) is 0.337. The van der Waals surface area contributed by atoms with Crippen molar-refractivity contribution in [3.05, 3.63) is 29.5 Å². The van der Waals surface area contributed by atoms with E-state index in [0.717, 1.165) is 5.70 Å². The highest BCUT2D eigenvalue weighted by molar-refractivity contribution is 7.13. The zero-order valence-electron chi connectivity index (χ0n) is 11.7. The van der Waals surface area contributed by atoms with E-state index in [-0.39, 0.29) is 11.6 Å². The summed E-state index contributed by atoms with van der Waals surface area (Å²) < 4.78 is 1.53. The van der Waals surface area contributed by atoms with Gasteiger partial charge in [-0.1, -0.05) is 11.3 Å². The quantitative estimate of drug-likeness (QED) is 0.782. The number of amides is 3. The van der Waals surface area contributed by atoms with E-state index in [1.165, 1.54) is 26.4 Å². The van der Waals surface area contributed by atoms with Crippen LogP contribution < -0.4 is 5.32 Å². The molecule has 11 heteroatoms. The molecule has 0 aliphatic carbocycles. The van der Waals surface area contributed by atoms with Crippen LogP contribution >= 0.6 is 11.3 Å². The minimum absolute atomic E-state index is 0.223. The molecule has 0 saturated carbocycles. The second-order valence-corrected chi connectivity index (χ2v) is 5.91. The molecule has 1 saturated heterocycles. The number of rotatable bonds is 3. The fourth-order valence-electron chi connectivity index (χ4n) is 2.54. The van der Waals surface area contributed by atoms with Gasteiger partial charge in [0, 0.05) is 12.7 Å². The van der Waals surface area contributed by atoms with E-state index >= 15 is 0 Å². The van der Waals surface area contributed by atoms with Gasteiger partial charge in [-0.2, -0.15) is 10.2 Å². The highest BCUT2D eigenvalue weighted by atomic mass is 32.1. The van der Waals surface area contributed by atoms with Gasteiger partial charge in [-0.05, 0) is 12.1 Å². The molecule has 2 N–H and O–H groups in total. The van der Waals surface area contributed by atoms with Crippen LogP contribution in [0.3, 0.4) is 0 Å². The number of nitrogens with one attached hydrogen (secondary N) is 1. The molecule has 118 valence electrons. The highest BCUT2D eigenvalue weighted by Crippen LogP contribution is 2.24. The Balaban J connectivity index is 1.53. The van der Waals surface area contributed by atoms with Crippen LogP contribution in [0.2, 0.25) is 0 Å². The van der Waals surface area contributed by atoms with Gasteiger partial charge in [0.25, 0.3) is 5.91 Å². The molecule has 3 amide bonds. The van der Waals surface area contributed by atoms with E-state index in [9.17, 15) is 14.8 Å². The first-order valence-corrected chi connectivity index (χ1v) is 7.61. The standard InChI is InChI=1S/C12H11N7O3S/c20-10(14-11-15-13-6-23-11)9-1-2-18(16-9)7-3-8-5-17(4-7)12(21)19(8)22/h1-3,6,8,22H,4-5H2,(H,14,15,20). The molecule has 0 radical (unpaired) electrons. The van der Waals surface area contributed by atoms with Crippen molar-refractivity contribution >= 4 is 34.1 Å². The lowest BCUT2D eigenvalue weighted by Crippen LogP contribution is -2.31. The van der Waals surface area contributed by atoms with E-state index < -0.39 is 12.1 Å². The van der Waals surface area contributed by atoms with Crippen LogP contribution in [0.25, 0.3) is 5.70 Å². The fraction of sp³-hybridized carbons (Fsp3) is 0.250. The number of hydrogen-bond donors (Lipinski definition) is 2. The Morgan fingerprint density at radius 3 is 3.09 bits per heavy atom. The lowest BCUT2D eigenvalue weighted by molar-refractivity contribution is -0.0450. The number of nitrogens with zero attached hydrogens (tertiary/aromatic N) is 6. The highest BCUT2D eigenvalue weighted by Gasteiger charge is 2.39. The summed E-state index contributed by atoms with van der Waals surface area (Å²) >= 11 is 1.21.